The molecular formula is C20H29NO4. The third-order valence-electron chi connectivity index (χ3n) is 5.63. The maximum absolute atomic E-state index is 12.8. The minimum atomic E-state index is 0.0354. The molecule has 5 nitrogen and oxygen atoms in total. The number of rotatable bonds is 5. The lowest BCUT2D eigenvalue weighted by Gasteiger charge is -2.40. The number of hydrogen-bond acceptors (Lipinski definition) is 4. The highest BCUT2D eigenvalue weighted by Crippen LogP contribution is 2.34. The third kappa shape index (κ3) is 4.15. The Bertz CT molecular complexity index is 603. The highest BCUT2D eigenvalue weighted by atomic mass is 16.5. The Morgan fingerprint density at radius 1 is 1.28 bits per heavy atom. The average Bonchev–Trinajstić information content (AvgIpc) is 3.11. The number of carbonyl (C=O) groups is 1. The van der Waals surface area contributed by atoms with Crippen LogP contribution in [0.1, 0.15) is 30.4 Å². The molecule has 1 amide bonds. The molecule has 2 aliphatic rings. The van der Waals surface area contributed by atoms with Crippen LogP contribution < -0.4 is 4.74 Å². The van der Waals surface area contributed by atoms with Crippen molar-refractivity contribution in [3.8, 4) is 5.75 Å². The van der Waals surface area contributed by atoms with Crippen LogP contribution in [0.4, 0.5) is 0 Å². The first-order valence-electron chi connectivity index (χ1n) is 9.20. The van der Waals surface area contributed by atoms with Gasteiger partial charge in [-0.1, -0.05) is 12.5 Å². The van der Waals surface area contributed by atoms with Crippen LogP contribution in [0.3, 0.4) is 0 Å². The summed E-state index contributed by atoms with van der Waals surface area (Å²) in [5.41, 5.74) is 2.39. The molecule has 25 heavy (non-hydrogen) atoms. The second-order valence-electron chi connectivity index (χ2n) is 7.13. The summed E-state index contributed by atoms with van der Waals surface area (Å²) in [6, 6.07) is 6.02. The summed E-state index contributed by atoms with van der Waals surface area (Å²) in [5, 5.41) is 0. The van der Waals surface area contributed by atoms with Crippen LogP contribution >= 0.6 is 0 Å². The maximum atomic E-state index is 12.8. The number of methoxy groups -OCH3 is 1. The smallest absolute Gasteiger partial charge is 0.260 e. The van der Waals surface area contributed by atoms with Crippen molar-refractivity contribution in [2.45, 2.75) is 45.3 Å². The third-order valence-corrected chi connectivity index (χ3v) is 5.63. The number of ether oxygens (including phenoxy) is 3. The molecule has 1 heterocycles. The quantitative estimate of drug-likeness (QED) is 0.822. The summed E-state index contributed by atoms with van der Waals surface area (Å²) in [4.78, 5) is 14.7. The van der Waals surface area contributed by atoms with Gasteiger partial charge in [0.1, 0.15) is 5.75 Å². The van der Waals surface area contributed by atoms with Crippen LogP contribution in [0.25, 0.3) is 0 Å². The van der Waals surface area contributed by atoms with Gasteiger partial charge in [0.25, 0.3) is 5.91 Å². The summed E-state index contributed by atoms with van der Waals surface area (Å²) in [6.45, 7) is 6.01. The lowest BCUT2D eigenvalue weighted by Crippen LogP contribution is -2.54. The molecule has 0 spiro atoms. The molecule has 3 rings (SSSR count). The van der Waals surface area contributed by atoms with Gasteiger partial charge >= 0.3 is 0 Å². The van der Waals surface area contributed by atoms with Crippen LogP contribution in [-0.4, -0.2) is 56.4 Å². The summed E-state index contributed by atoms with van der Waals surface area (Å²) in [7, 11) is 1.77. The Labute approximate surface area is 150 Å². The Hall–Kier alpha value is -1.59. The van der Waals surface area contributed by atoms with E-state index >= 15 is 0 Å². The number of aryl methyl sites for hydroxylation is 2. The summed E-state index contributed by atoms with van der Waals surface area (Å²) in [5.74, 6) is 1.14. The van der Waals surface area contributed by atoms with Gasteiger partial charge in [0, 0.05) is 19.6 Å². The number of carbonyl (C=O) groups excluding carboxylic acids is 1. The van der Waals surface area contributed by atoms with Crippen LogP contribution in [0.2, 0.25) is 0 Å². The molecular weight excluding hydrogens is 318 g/mol. The van der Waals surface area contributed by atoms with Gasteiger partial charge in [0.15, 0.2) is 6.61 Å². The molecule has 3 atom stereocenters. The van der Waals surface area contributed by atoms with Crippen LogP contribution in [-0.2, 0) is 14.3 Å². The molecule has 0 aromatic heterocycles. The van der Waals surface area contributed by atoms with E-state index in [0.717, 1.165) is 25.0 Å². The molecule has 1 saturated heterocycles. The largest absolute Gasteiger partial charge is 0.484 e. The first-order chi connectivity index (χ1) is 12.1. The lowest BCUT2D eigenvalue weighted by molar-refractivity contribution is -0.146. The average molecular weight is 347 g/mol. The Kier molecular flexibility index (Phi) is 5.97. The minimum Gasteiger partial charge on any atom is -0.484 e. The van der Waals surface area contributed by atoms with Crippen LogP contribution in [0.15, 0.2) is 18.2 Å². The minimum absolute atomic E-state index is 0.0354. The van der Waals surface area contributed by atoms with Crippen LogP contribution in [0.5, 0.6) is 5.75 Å². The molecule has 0 N–H and O–H groups in total. The van der Waals surface area contributed by atoms with Crippen molar-refractivity contribution in [1.29, 1.82) is 0 Å². The van der Waals surface area contributed by atoms with Crippen molar-refractivity contribution in [1.82, 2.24) is 4.90 Å². The van der Waals surface area contributed by atoms with Gasteiger partial charge in [-0.3, -0.25) is 4.79 Å². The number of nitrogens with zero attached hydrogens (tertiary/aromatic N) is 1. The molecule has 0 bridgehead atoms. The number of morpholine rings is 1. The highest BCUT2D eigenvalue weighted by Gasteiger charge is 2.40. The van der Waals surface area contributed by atoms with E-state index in [9.17, 15) is 4.79 Å². The van der Waals surface area contributed by atoms with Crippen LogP contribution in [0, 0.1) is 19.8 Å². The van der Waals surface area contributed by atoms with E-state index in [2.05, 4.69) is 6.92 Å². The monoisotopic (exact) mass is 347 g/mol. The van der Waals surface area contributed by atoms with E-state index in [1.807, 2.05) is 30.0 Å². The predicted octanol–water partition coefficient (Wildman–Crippen LogP) is 2.72. The molecule has 1 aromatic rings. The SMILES string of the molecule is COC1CCCC1C1COCCN1C(=O)COc1ccc(C)c(C)c1. The first-order valence-corrected chi connectivity index (χ1v) is 9.20. The molecule has 1 aliphatic heterocycles. The van der Waals surface area contributed by atoms with Gasteiger partial charge in [-0.25, -0.2) is 0 Å². The van der Waals surface area contributed by atoms with E-state index in [0.29, 0.717) is 25.7 Å². The zero-order chi connectivity index (χ0) is 17.8. The van der Waals surface area contributed by atoms with Crippen molar-refractivity contribution < 1.29 is 19.0 Å². The fraction of sp³-hybridized carbons (Fsp3) is 0.650. The summed E-state index contributed by atoms with van der Waals surface area (Å²) < 4.78 is 17.1. The number of amides is 1. The Morgan fingerprint density at radius 2 is 2.12 bits per heavy atom. The Balaban J connectivity index is 1.63. The first kappa shape index (κ1) is 18.2. The molecule has 1 saturated carbocycles. The van der Waals surface area contributed by atoms with Crippen molar-refractivity contribution in [2.75, 3.05) is 33.5 Å². The zero-order valence-corrected chi connectivity index (χ0v) is 15.5. The molecule has 5 heteroatoms. The summed E-state index contributed by atoms with van der Waals surface area (Å²) in [6.07, 6.45) is 3.54. The maximum Gasteiger partial charge on any atom is 0.260 e. The normalized spacial score (nSPS) is 26.7. The molecule has 3 unspecified atom stereocenters. The van der Waals surface area contributed by atoms with Gasteiger partial charge in [0.2, 0.25) is 0 Å². The fourth-order valence-electron chi connectivity index (χ4n) is 4.01. The van der Waals surface area contributed by atoms with E-state index in [-0.39, 0.29) is 24.7 Å². The number of benzene rings is 1. The molecule has 1 aromatic carbocycles. The zero-order valence-electron chi connectivity index (χ0n) is 15.5. The topological polar surface area (TPSA) is 48.0 Å². The fourth-order valence-corrected chi connectivity index (χ4v) is 4.01. The standard InChI is InChI=1S/C20H29NO4/c1-14-7-8-16(11-15(14)2)25-13-20(22)21-9-10-24-12-18(21)17-5-4-6-19(17)23-3/h7-8,11,17-19H,4-6,9-10,12-13H2,1-3H3. The second-order valence-corrected chi connectivity index (χ2v) is 7.13. The number of hydrogen-bond donors (Lipinski definition) is 0. The van der Waals surface area contributed by atoms with Crippen molar-refractivity contribution >= 4 is 5.91 Å². The van der Waals surface area contributed by atoms with Crippen molar-refractivity contribution in [3.63, 3.8) is 0 Å². The highest BCUT2D eigenvalue weighted by molar-refractivity contribution is 5.78. The Morgan fingerprint density at radius 3 is 2.88 bits per heavy atom. The predicted molar refractivity (Wildman–Crippen MR) is 95.9 cm³/mol. The van der Waals surface area contributed by atoms with E-state index in [1.54, 1.807) is 7.11 Å². The van der Waals surface area contributed by atoms with Crippen molar-refractivity contribution in [2.24, 2.45) is 5.92 Å². The van der Waals surface area contributed by atoms with Gasteiger partial charge in [-0.15, -0.1) is 0 Å². The summed E-state index contributed by atoms with van der Waals surface area (Å²) >= 11 is 0. The molecule has 138 valence electrons. The second kappa shape index (κ2) is 8.19. The van der Waals surface area contributed by atoms with Gasteiger partial charge in [-0.2, -0.15) is 0 Å². The lowest BCUT2D eigenvalue weighted by atomic mass is 9.94. The van der Waals surface area contributed by atoms with Gasteiger partial charge in [0.05, 0.1) is 25.4 Å². The van der Waals surface area contributed by atoms with Gasteiger partial charge in [-0.05, 0) is 49.9 Å². The van der Waals surface area contributed by atoms with Gasteiger partial charge < -0.3 is 19.1 Å². The van der Waals surface area contributed by atoms with E-state index < -0.39 is 0 Å². The molecule has 2 fully saturated rings. The molecule has 1 aliphatic carbocycles. The van der Waals surface area contributed by atoms with Crippen molar-refractivity contribution in [3.05, 3.63) is 29.3 Å². The van der Waals surface area contributed by atoms with E-state index in [4.69, 9.17) is 14.2 Å². The van der Waals surface area contributed by atoms with E-state index in [1.165, 1.54) is 11.1 Å². The molecule has 0 radical (unpaired) electrons.